The largest absolute Gasteiger partial charge is 0.493 e. The van der Waals surface area contributed by atoms with Crippen LogP contribution in [-0.4, -0.2) is 42.3 Å². The summed E-state index contributed by atoms with van der Waals surface area (Å²) in [4.78, 5) is 14.8. The molecule has 0 aliphatic heterocycles. The number of aromatic nitrogens is 1. The Bertz CT molecular complexity index is 982. The first-order chi connectivity index (χ1) is 14.0. The normalized spacial score (nSPS) is 11.8. The predicted octanol–water partition coefficient (Wildman–Crippen LogP) is 3.68. The van der Waals surface area contributed by atoms with E-state index in [4.69, 9.17) is 14.0 Å². The number of carbonyl (C=O) groups excluding carboxylic acids is 1. The second-order valence-corrected chi connectivity index (χ2v) is 6.66. The lowest BCUT2D eigenvalue weighted by atomic mass is 10.0. The Morgan fingerprint density at radius 3 is 2.45 bits per heavy atom. The fourth-order valence-corrected chi connectivity index (χ4v) is 3.10. The Kier molecular flexibility index (Phi) is 6.19. The summed E-state index contributed by atoms with van der Waals surface area (Å²) in [6.45, 7) is 1.95. The van der Waals surface area contributed by atoms with Gasteiger partial charge in [0.2, 0.25) is 0 Å². The highest BCUT2D eigenvalue weighted by Crippen LogP contribution is 2.35. The van der Waals surface area contributed by atoms with Gasteiger partial charge in [0.05, 0.1) is 14.2 Å². The van der Waals surface area contributed by atoms with Crippen LogP contribution in [0.2, 0.25) is 0 Å². The van der Waals surface area contributed by atoms with Crippen molar-refractivity contribution in [2.75, 3.05) is 21.3 Å². The number of benzene rings is 2. The van der Waals surface area contributed by atoms with Gasteiger partial charge in [-0.3, -0.25) is 4.79 Å². The molecule has 1 heterocycles. The van der Waals surface area contributed by atoms with Crippen LogP contribution >= 0.6 is 0 Å². The van der Waals surface area contributed by atoms with E-state index in [1.807, 2.05) is 30.3 Å². The third-order valence-electron chi connectivity index (χ3n) is 4.58. The van der Waals surface area contributed by atoms with Gasteiger partial charge in [-0.2, -0.15) is 0 Å². The zero-order valence-electron chi connectivity index (χ0n) is 16.9. The van der Waals surface area contributed by atoms with Crippen LogP contribution in [0, 0.1) is 0 Å². The van der Waals surface area contributed by atoms with E-state index in [2.05, 4.69) is 5.16 Å². The fraction of sp³-hybridized carbons (Fsp3) is 0.273. The lowest BCUT2D eigenvalue weighted by Gasteiger charge is -2.18. The molecule has 1 aromatic heterocycles. The van der Waals surface area contributed by atoms with Crippen LogP contribution in [-0.2, 0) is 6.54 Å². The zero-order valence-corrected chi connectivity index (χ0v) is 16.9. The van der Waals surface area contributed by atoms with E-state index >= 15 is 0 Å². The van der Waals surface area contributed by atoms with Crippen LogP contribution < -0.4 is 9.47 Å². The van der Waals surface area contributed by atoms with E-state index in [-0.39, 0.29) is 17.2 Å². The van der Waals surface area contributed by atoms with Crippen molar-refractivity contribution in [3.8, 4) is 22.8 Å². The maximum Gasteiger partial charge on any atom is 0.259 e. The molecule has 2 aromatic carbocycles. The monoisotopic (exact) mass is 396 g/mol. The van der Waals surface area contributed by atoms with Gasteiger partial charge in [0, 0.05) is 19.2 Å². The summed E-state index contributed by atoms with van der Waals surface area (Å²) >= 11 is 0. The van der Waals surface area contributed by atoms with Crippen molar-refractivity contribution in [3.05, 3.63) is 65.4 Å². The molecule has 0 radical (unpaired) electrons. The number of methoxy groups -OCH3 is 2. The second kappa shape index (κ2) is 8.79. The number of hydrogen-bond acceptors (Lipinski definition) is 6. The molecule has 0 saturated heterocycles. The first-order valence-electron chi connectivity index (χ1n) is 9.15. The van der Waals surface area contributed by atoms with Gasteiger partial charge in [-0.25, -0.2) is 0 Å². The van der Waals surface area contributed by atoms with E-state index in [0.717, 1.165) is 5.56 Å². The molecule has 0 bridgehead atoms. The summed E-state index contributed by atoms with van der Waals surface area (Å²) in [5.41, 5.74) is 2.18. The molecule has 0 saturated carbocycles. The second-order valence-electron chi connectivity index (χ2n) is 6.66. The van der Waals surface area contributed by atoms with Gasteiger partial charge in [-0.05, 0) is 30.7 Å². The minimum atomic E-state index is -0.986. The Morgan fingerprint density at radius 1 is 1.14 bits per heavy atom. The number of carbonyl (C=O) groups is 1. The van der Waals surface area contributed by atoms with E-state index < -0.39 is 6.10 Å². The molecule has 0 fully saturated rings. The number of aliphatic hydroxyl groups excluding tert-OH is 1. The summed E-state index contributed by atoms with van der Waals surface area (Å²) in [5.74, 6) is 0.891. The summed E-state index contributed by atoms with van der Waals surface area (Å²) in [6.07, 6.45) is -0.986. The summed E-state index contributed by atoms with van der Waals surface area (Å²) < 4.78 is 16.0. The lowest BCUT2D eigenvalue weighted by molar-refractivity contribution is 0.0773. The minimum Gasteiger partial charge on any atom is -0.493 e. The van der Waals surface area contributed by atoms with Crippen LogP contribution in [0.15, 0.2) is 53.1 Å². The molecule has 29 heavy (non-hydrogen) atoms. The highest BCUT2D eigenvalue weighted by atomic mass is 16.5. The van der Waals surface area contributed by atoms with E-state index in [1.54, 1.807) is 37.3 Å². The number of aliphatic hydroxyl groups is 1. The maximum absolute atomic E-state index is 13.3. The summed E-state index contributed by atoms with van der Waals surface area (Å²) in [7, 11) is 4.78. The Morgan fingerprint density at radius 2 is 1.83 bits per heavy atom. The maximum atomic E-state index is 13.3. The Hall–Kier alpha value is -3.32. The molecule has 1 amide bonds. The SMILES string of the molecule is COc1ccc(-c2noc([C@H](C)O)c2C(=O)N(C)Cc2ccccc2)cc1OC. The molecule has 7 nitrogen and oxygen atoms in total. The Labute approximate surface area is 169 Å². The van der Waals surface area contributed by atoms with Gasteiger partial charge in [0.1, 0.15) is 17.4 Å². The number of nitrogens with zero attached hydrogens (tertiary/aromatic N) is 2. The molecule has 3 aromatic rings. The molecule has 0 aliphatic carbocycles. The number of rotatable bonds is 7. The predicted molar refractivity (Wildman–Crippen MR) is 108 cm³/mol. The standard InChI is InChI=1S/C22H24N2O5/c1-14(25)21-19(22(26)24(2)13-15-8-6-5-7-9-15)20(23-29-21)16-10-11-17(27-3)18(12-16)28-4/h5-12,14,25H,13H2,1-4H3/t14-/m0/s1. The molecule has 7 heteroatoms. The molecule has 0 spiro atoms. The van der Waals surface area contributed by atoms with E-state index in [1.165, 1.54) is 14.0 Å². The van der Waals surface area contributed by atoms with E-state index in [9.17, 15) is 9.90 Å². The summed E-state index contributed by atoms with van der Waals surface area (Å²) in [5, 5.41) is 14.2. The Balaban J connectivity index is 2.02. The van der Waals surface area contributed by atoms with Crippen molar-refractivity contribution < 1.29 is 23.9 Å². The van der Waals surface area contributed by atoms with Crippen molar-refractivity contribution in [2.24, 2.45) is 0 Å². The number of amides is 1. The fourth-order valence-electron chi connectivity index (χ4n) is 3.10. The van der Waals surface area contributed by atoms with Gasteiger partial charge >= 0.3 is 0 Å². The molecular formula is C22H24N2O5. The van der Waals surface area contributed by atoms with Crippen molar-refractivity contribution in [1.82, 2.24) is 10.1 Å². The van der Waals surface area contributed by atoms with Gasteiger partial charge in [-0.1, -0.05) is 35.5 Å². The van der Waals surface area contributed by atoms with Crippen molar-refractivity contribution in [3.63, 3.8) is 0 Å². The van der Waals surface area contributed by atoms with Gasteiger partial charge < -0.3 is 24.0 Å². The average molecular weight is 396 g/mol. The van der Waals surface area contributed by atoms with Crippen molar-refractivity contribution >= 4 is 5.91 Å². The molecule has 0 aliphatic rings. The zero-order chi connectivity index (χ0) is 21.0. The highest BCUT2D eigenvalue weighted by molar-refractivity contribution is 6.01. The van der Waals surface area contributed by atoms with Crippen molar-refractivity contribution in [2.45, 2.75) is 19.6 Å². The minimum absolute atomic E-state index is 0.125. The smallest absolute Gasteiger partial charge is 0.259 e. The molecular weight excluding hydrogens is 372 g/mol. The van der Waals surface area contributed by atoms with Crippen LogP contribution in [0.5, 0.6) is 11.5 Å². The van der Waals surface area contributed by atoms with Crippen molar-refractivity contribution in [1.29, 1.82) is 0 Å². The van der Waals surface area contributed by atoms with Gasteiger partial charge in [0.25, 0.3) is 5.91 Å². The quantitative estimate of drug-likeness (QED) is 0.656. The molecule has 1 atom stereocenters. The van der Waals surface area contributed by atoms with Crippen LogP contribution in [0.1, 0.15) is 34.7 Å². The van der Waals surface area contributed by atoms with Gasteiger partial charge in [-0.15, -0.1) is 0 Å². The number of ether oxygens (including phenoxy) is 2. The average Bonchev–Trinajstić information content (AvgIpc) is 3.18. The van der Waals surface area contributed by atoms with E-state index in [0.29, 0.717) is 29.3 Å². The first-order valence-corrected chi connectivity index (χ1v) is 9.15. The van der Waals surface area contributed by atoms with Crippen LogP contribution in [0.4, 0.5) is 0 Å². The number of hydrogen-bond donors (Lipinski definition) is 1. The lowest BCUT2D eigenvalue weighted by Crippen LogP contribution is -2.27. The molecule has 1 N–H and O–H groups in total. The topological polar surface area (TPSA) is 85.0 Å². The molecule has 3 rings (SSSR count). The summed E-state index contributed by atoms with van der Waals surface area (Å²) in [6, 6.07) is 14.9. The third-order valence-corrected chi connectivity index (χ3v) is 4.58. The van der Waals surface area contributed by atoms with Crippen LogP contribution in [0.3, 0.4) is 0 Å². The molecule has 152 valence electrons. The molecule has 0 unspecified atom stereocenters. The third kappa shape index (κ3) is 4.25. The van der Waals surface area contributed by atoms with Crippen LogP contribution in [0.25, 0.3) is 11.3 Å². The van der Waals surface area contributed by atoms with Gasteiger partial charge in [0.15, 0.2) is 17.3 Å². The highest BCUT2D eigenvalue weighted by Gasteiger charge is 2.29. The first kappa shape index (κ1) is 20.4.